The molecule has 2 rings (SSSR count). The third-order valence-electron chi connectivity index (χ3n) is 4.13. The summed E-state index contributed by atoms with van der Waals surface area (Å²) in [7, 11) is 0. The van der Waals surface area contributed by atoms with Crippen LogP contribution in [0.15, 0.2) is 18.3 Å². The molecule has 1 unspecified atom stereocenters. The molecule has 0 spiro atoms. The highest BCUT2D eigenvalue weighted by atomic mass is 19.4. The van der Waals surface area contributed by atoms with Crippen molar-refractivity contribution < 1.29 is 22.7 Å². The molecule has 1 amide bonds. The minimum atomic E-state index is -4.45. The average Bonchev–Trinajstić information content (AvgIpc) is 2.65. The van der Waals surface area contributed by atoms with Gasteiger partial charge in [0.05, 0.1) is 11.8 Å². The number of amides is 1. The van der Waals surface area contributed by atoms with Crippen molar-refractivity contribution in [3.05, 3.63) is 46.7 Å². The quantitative estimate of drug-likeness (QED) is 0.623. The minimum absolute atomic E-state index is 0.111. The zero-order chi connectivity index (χ0) is 22.5. The predicted molar refractivity (Wildman–Crippen MR) is 105 cm³/mol. The van der Waals surface area contributed by atoms with Gasteiger partial charge in [0.2, 0.25) is 5.88 Å². The summed E-state index contributed by atoms with van der Waals surface area (Å²) in [5, 5.41) is 10.8. The Bertz CT molecular complexity index is 931. The number of hydrogen-bond acceptors (Lipinski definition) is 6. The Balaban J connectivity index is 2.12. The van der Waals surface area contributed by atoms with Gasteiger partial charge in [-0.05, 0) is 44.9 Å². The van der Waals surface area contributed by atoms with Gasteiger partial charge in [0, 0.05) is 17.5 Å². The molecule has 0 aliphatic carbocycles. The van der Waals surface area contributed by atoms with Gasteiger partial charge in [-0.3, -0.25) is 4.79 Å². The molecule has 10 heteroatoms. The first kappa shape index (κ1) is 23.2. The van der Waals surface area contributed by atoms with Gasteiger partial charge in [0.15, 0.2) is 12.4 Å². The van der Waals surface area contributed by atoms with Crippen molar-refractivity contribution in [3.63, 3.8) is 0 Å². The second-order valence-electron chi connectivity index (χ2n) is 6.94. The second-order valence-corrected chi connectivity index (χ2v) is 6.94. The Morgan fingerprint density at radius 1 is 1.27 bits per heavy atom. The number of pyridine rings is 1. The van der Waals surface area contributed by atoms with Gasteiger partial charge in [0.25, 0.3) is 5.91 Å². The molecule has 30 heavy (non-hydrogen) atoms. The number of nitrogens with zero attached hydrogens (tertiary/aromatic N) is 3. The lowest BCUT2D eigenvalue weighted by molar-refractivity contribution is -0.154. The summed E-state index contributed by atoms with van der Waals surface area (Å²) >= 11 is 0. The first-order chi connectivity index (χ1) is 14.0. The van der Waals surface area contributed by atoms with Crippen LogP contribution in [0.3, 0.4) is 0 Å². The standard InChI is InChI=1S/C20H24F3N5O2/c1-5-6-15(24)17-26-12(3)8-16(28-17)18(29)27-13(4)14-7-11(2)19(25-9-14)30-10-20(21,22)23/h7-9,13,24H,5-6,10H2,1-4H3,(H,27,29). The van der Waals surface area contributed by atoms with Crippen LogP contribution in [-0.4, -0.2) is 39.4 Å². The maximum absolute atomic E-state index is 12.6. The molecule has 0 saturated carbocycles. The molecule has 0 bridgehead atoms. The summed E-state index contributed by atoms with van der Waals surface area (Å²) in [5.74, 6) is -0.341. The average molecular weight is 423 g/mol. The van der Waals surface area contributed by atoms with Crippen LogP contribution < -0.4 is 10.1 Å². The van der Waals surface area contributed by atoms with Crippen LogP contribution in [0.25, 0.3) is 0 Å². The smallest absolute Gasteiger partial charge is 0.422 e. The molecular weight excluding hydrogens is 399 g/mol. The fourth-order valence-corrected chi connectivity index (χ4v) is 2.66. The van der Waals surface area contributed by atoms with Gasteiger partial charge in [0.1, 0.15) is 5.69 Å². The summed E-state index contributed by atoms with van der Waals surface area (Å²) < 4.78 is 41.6. The van der Waals surface area contributed by atoms with E-state index >= 15 is 0 Å². The van der Waals surface area contributed by atoms with Crippen LogP contribution in [0.5, 0.6) is 5.88 Å². The van der Waals surface area contributed by atoms with E-state index in [1.807, 2.05) is 6.92 Å². The lowest BCUT2D eigenvalue weighted by atomic mass is 10.1. The highest BCUT2D eigenvalue weighted by Crippen LogP contribution is 2.22. The van der Waals surface area contributed by atoms with E-state index in [0.29, 0.717) is 23.2 Å². The number of halogens is 3. The van der Waals surface area contributed by atoms with E-state index in [1.165, 1.54) is 12.3 Å². The number of aromatic nitrogens is 3. The molecule has 0 radical (unpaired) electrons. The number of carbonyl (C=O) groups is 1. The van der Waals surface area contributed by atoms with Gasteiger partial charge >= 0.3 is 6.18 Å². The highest BCUT2D eigenvalue weighted by molar-refractivity contribution is 5.97. The minimum Gasteiger partial charge on any atom is -0.468 e. The topological polar surface area (TPSA) is 101 Å². The van der Waals surface area contributed by atoms with Gasteiger partial charge in [-0.1, -0.05) is 13.3 Å². The third-order valence-corrected chi connectivity index (χ3v) is 4.13. The van der Waals surface area contributed by atoms with Crippen molar-refractivity contribution in [2.75, 3.05) is 6.61 Å². The largest absolute Gasteiger partial charge is 0.468 e. The lowest BCUT2D eigenvalue weighted by Crippen LogP contribution is -2.28. The predicted octanol–water partition coefficient (Wildman–Crippen LogP) is 4.09. The molecule has 0 fully saturated rings. The Kier molecular flexibility index (Phi) is 7.47. The molecule has 0 aliphatic heterocycles. The first-order valence-electron chi connectivity index (χ1n) is 9.40. The van der Waals surface area contributed by atoms with Crippen molar-refractivity contribution in [2.45, 2.75) is 52.8 Å². The van der Waals surface area contributed by atoms with Crippen LogP contribution in [0, 0.1) is 19.3 Å². The van der Waals surface area contributed by atoms with Crippen LogP contribution in [0.4, 0.5) is 13.2 Å². The molecule has 162 valence electrons. The van der Waals surface area contributed by atoms with Gasteiger partial charge in [-0.2, -0.15) is 13.2 Å². The highest BCUT2D eigenvalue weighted by Gasteiger charge is 2.29. The molecule has 1 atom stereocenters. The number of hydrogen-bond donors (Lipinski definition) is 2. The Morgan fingerprint density at radius 2 is 1.97 bits per heavy atom. The Morgan fingerprint density at radius 3 is 2.57 bits per heavy atom. The summed E-state index contributed by atoms with van der Waals surface area (Å²) in [6.07, 6.45) is -1.81. The maximum Gasteiger partial charge on any atom is 0.422 e. The zero-order valence-corrected chi connectivity index (χ0v) is 17.2. The van der Waals surface area contributed by atoms with E-state index in [4.69, 9.17) is 10.1 Å². The van der Waals surface area contributed by atoms with E-state index in [1.54, 1.807) is 26.8 Å². The molecule has 0 saturated heterocycles. The van der Waals surface area contributed by atoms with E-state index < -0.39 is 24.7 Å². The lowest BCUT2D eigenvalue weighted by Gasteiger charge is -2.16. The van der Waals surface area contributed by atoms with Gasteiger partial charge < -0.3 is 15.5 Å². The fraction of sp³-hybridized carbons (Fsp3) is 0.450. The first-order valence-corrected chi connectivity index (χ1v) is 9.40. The van der Waals surface area contributed by atoms with Crippen LogP contribution in [-0.2, 0) is 0 Å². The Labute approximate surface area is 172 Å². The molecule has 2 aromatic rings. The van der Waals surface area contributed by atoms with E-state index in [2.05, 4.69) is 20.3 Å². The summed E-state index contributed by atoms with van der Waals surface area (Å²) in [4.78, 5) is 25.0. The molecule has 2 heterocycles. The number of alkyl halides is 3. The Hall–Kier alpha value is -3.04. The summed E-state index contributed by atoms with van der Waals surface area (Å²) in [6.45, 7) is 5.54. The van der Waals surface area contributed by atoms with Crippen LogP contribution >= 0.6 is 0 Å². The van der Waals surface area contributed by atoms with Crippen LogP contribution in [0.1, 0.15) is 65.9 Å². The monoisotopic (exact) mass is 423 g/mol. The van der Waals surface area contributed by atoms with Crippen molar-refractivity contribution in [2.24, 2.45) is 0 Å². The zero-order valence-electron chi connectivity index (χ0n) is 17.2. The number of ether oxygens (including phenoxy) is 1. The maximum atomic E-state index is 12.6. The van der Waals surface area contributed by atoms with Crippen molar-refractivity contribution in [3.8, 4) is 5.88 Å². The van der Waals surface area contributed by atoms with Crippen molar-refractivity contribution in [1.82, 2.24) is 20.3 Å². The SMILES string of the molecule is CCCC(=N)c1nc(C)cc(C(=O)NC(C)c2cnc(OCC(F)(F)F)c(C)c2)n1. The normalized spacial score (nSPS) is 12.4. The van der Waals surface area contributed by atoms with E-state index in [-0.39, 0.29) is 23.1 Å². The number of nitrogens with one attached hydrogen (secondary N) is 2. The van der Waals surface area contributed by atoms with Crippen molar-refractivity contribution in [1.29, 1.82) is 5.41 Å². The third kappa shape index (κ3) is 6.50. The summed E-state index contributed by atoms with van der Waals surface area (Å²) in [6, 6.07) is 2.66. The number of carbonyl (C=O) groups excluding carboxylic acids is 1. The number of aryl methyl sites for hydroxylation is 2. The van der Waals surface area contributed by atoms with Gasteiger partial charge in [-0.25, -0.2) is 15.0 Å². The van der Waals surface area contributed by atoms with Crippen LogP contribution in [0.2, 0.25) is 0 Å². The molecule has 2 N–H and O–H groups in total. The molecule has 0 aliphatic rings. The molecule has 2 aromatic heterocycles. The summed E-state index contributed by atoms with van der Waals surface area (Å²) in [5.41, 5.74) is 2.00. The fourth-order valence-electron chi connectivity index (χ4n) is 2.66. The molecular formula is C20H24F3N5O2. The second kappa shape index (κ2) is 9.64. The van der Waals surface area contributed by atoms with E-state index in [0.717, 1.165) is 6.42 Å². The molecule has 7 nitrogen and oxygen atoms in total. The van der Waals surface area contributed by atoms with Gasteiger partial charge in [-0.15, -0.1) is 0 Å². The molecule has 0 aromatic carbocycles. The number of rotatable bonds is 8. The van der Waals surface area contributed by atoms with Crippen molar-refractivity contribution >= 4 is 11.6 Å². The van der Waals surface area contributed by atoms with E-state index in [9.17, 15) is 18.0 Å².